The molecule has 2 aliphatic heterocycles. The molecule has 4 nitrogen and oxygen atoms in total. The number of imide groups is 1. The smallest absolute Gasteiger partial charge is 0.277 e. The summed E-state index contributed by atoms with van der Waals surface area (Å²) in [6.45, 7) is 6.72. The number of hydrogen-bond acceptors (Lipinski definition) is 3. The Hall–Kier alpha value is -2.10. The van der Waals surface area contributed by atoms with Gasteiger partial charge < -0.3 is 4.90 Å². The van der Waals surface area contributed by atoms with Gasteiger partial charge in [0.15, 0.2) is 0 Å². The van der Waals surface area contributed by atoms with Crippen LogP contribution in [0.5, 0.6) is 0 Å². The van der Waals surface area contributed by atoms with Gasteiger partial charge in [0, 0.05) is 19.6 Å². The predicted octanol–water partition coefficient (Wildman–Crippen LogP) is 4.86. The van der Waals surface area contributed by atoms with Crippen LogP contribution in [0, 0.1) is 5.92 Å². The van der Waals surface area contributed by atoms with Gasteiger partial charge in [-0.3, -0.25) is 14.5 Å². The Morgan fingerprint density at radius 3 is 2.21 bits per heavy atom. The SMILES string of the molecule is CCCCCCCCN1C(=O)C(c2ccccc2)=C(N2CCC(C)CC2)C1=O. The number of carbonyl (C=O) groups is 2. The number of unbranched alkanes of at least 4 members (excludes halogenated alkanes) is 5. The van der Waals surface area contributed by atoms with E-state index < -0.39 is 0 Å². The van der Waals surface area contributed by atoms with Gasteiger partial charge in [-0.2, -0.15) is 0 Å². The van der Waals surface area contributed by atoms with Crippen LogP contribution >= 0.6 is 0 Å². The molecule has 28 heavy (non-hydrogen) atoms. The minimum Gasteiger partial charge on any atom is -0.366 e. The Labute approximate surface area is 169 Å². The highest BCUT2D eigenvalue weighted by molar-refractivity contribution is 6.35. The van der Waals surface area contributed by atoms with Crippen molar-refractivity contribution in [3.8, 4) is 0 Å². The van der Waals surface area contributed by atoms with E-state index in [0.717, 1.165) is 44.3 Å². The van der Waals surface area contributed by atoms with Gasteiger partial charge in [-0.1, -0.05) is 76.3 Å². The molecule has 2 aliphatic rings. The Balaban J connectivity index is 1.75. The fraction of sp³-hybridized carbons (Fsp3) is 0.583. The summed E-state index contributed by atoms with van der Waals surface area (Å²) < 4.78 is 0. The molecule has 1 aromatic rings. The molecule has 4 heteroatoms. The van der Waals surface area contributed by atoms with E-state index in [1.165, 1.54) is 30.6 Å². The zero-order valence-electron chi connectivity index (χ0n) is 17.5. The molecule has 0 atom stereocenters. The molecule has 2 amide bonds. The minimum atomic E-state index is -0.113. The lowest BCUT2D eigenvalue weighted by Gasteiger charge is -2.32. The summed E-state index contributed by atoms with van der Waals surface area (Å²) >= 11 is 0. The summed E-state index contributed by atoms with van der Waals surface area (Å²) in [4.78, 5) is 30.1. The molecular weight excluding hydrogens is 348 g/mol. The lowest BCUT2D eigenvalue weighted by molar-refractivity contribution is -0.137. The van der Waals surface area contributed by atoms with Crippen LogP contribution in [0.1, 0.15) is 70.8 Å². The Bertz CT molecular complexity index is 703. The van der Waals surface area contributed by atoms with Crippen LogP contribution in [0.25, 0.3) is 5.57 Å². The third kappa shape index (κ3) is 4.65. The van der Waals surface area contributed by atoms with Crippen LogP contribution in [0.3, 0.4) is 0 Å². The molecule has 3 rings (SSSR count). The predicted molar refractivity (Wildman–Crippen MR) is 113 cm³/mol. The second kappa shape index (κ2) is 9.90. The highest BCUT2D eigenvalue weighted by Crippen LogP contribution is 2.34. The molecule has 0 saturated carbocycles. The Morgan fingerprint density at radius 1 is 0.893 bits per heavy atom. The van der Waals surface area contributed by atoms with Crippen molar-refractivity contribution in [2.24, 2.45) is 5.92 Å². The van der Waals surface area contributed by atoms with Crippen molar-refractivity contribution in [2.75, 3.05) is 19.6 Å². The highest BCUT2D eigenvalue weighted by atomic mass is 16.2. The number of hydrogen-bond donors (Lipinski definition) is 0. The summed E-state index contributed by atoms with van der Waals surface area (Å²) in [5.41, 5.74) is 2.10. The first-order valence-electron chi connectivity index (χ1n) is 11.0. The van der Waals surface area contributed by atoms with Crippen molar-refractivity contribution in [1.29, 1.82) is 0 Å². The van der Waals surface area contributed by atoms with Crippen molar-refractivity contribution in [2.45, 2.75) is 65.2 Å². The van der Waals surface area contributed by atoms with E-state index in [2.05, 4.69) is 18.7 Å². The molecule has 0 unspecified atom stereocenters. The number of rotatable bonds is 9. The van der Waals surface area contributed by atoms with Crippen molar-refractivity contribution in [3.05, 3.63) is 41.6 Å². The third-order valence-electron chi connectivity index (χ3n) is 6.04. The van der Waals surface area contributed by atoms with Crippen LogP contribution in [-0.4, -0.2) is 41.2 Å². The second-order valence-corrected chi connectivity index (χ2v) is 8.29. The van der Waals surface area contributed by atoms with E-state index in [0.29, 0.717) is 23.7 Å². The van der Waals surface area contributed by atoms with Crippen molar-refractivity contribution >= 4 is 17.4 Å². The monoisotopic (exact) mass is 382 g/mol. The molecule has 152 valence electrons. The van der Waals surface area contributed by atoms with E-state index in [4.69, 9.17) is 0 Å². The van der Waals surface area contributed by atoms with Gasteiger partial charge in [0.1, 0.15) is 5.70 Å². The minimum absolute atomic E-state index is 0.0908. The van der Waals surface area contributed by atoms with E-state index >= 15 is 0 Å². The van der Waals surface area contributed by atoms with Gasteiger partial charge in [0.25, 0.3) is 11.8 Å². The van der Waals surface area contributed by atoms with Crippen LogP contribution in [0.2, 0.25) is 0 Å². The quantitative estimate of drug-likeness (QED) is 0.452. The van der Waals surface area contributed by atoms with Gasteiger partial charge in [0.05, 0.1) is 5.57 Å². The maximum atomic E-state index is 13.3. The lowest BCUT2D eigenvalue weighted by Crippen LogP contribution is -2.38. The molecule has 0 aliphatic carbocycles. The van der Waals surface area contributed by atoms with E-state index in [-0.39, 0.29) is 11.8 Å². The normalized spacial score (nSPS) is 18.5. The Kier molecular flexibility index (Phi) is 7.30. The standard InChI is InChI=1S/C24H34N2O2/c1-3-4-5-6-7-11-16-26-23(27)21(20-12-9-8-10-13-20)22(24(26)28)25-17-14-19(2)15-18-25/h8-10,12-13,19H,3-7,11,14-18H2,1-2H3. The fourth-order valence-corrected chi connectivity index (χ4v) is 4.21. The number of likely N-dealkylation sites (tertiary alicyclic amines) is 1. The molecule has 0 bridgehead atoms. The molecule has 1 aromatic carbocycles. The first-order chi connectivity index (χ1) is 13.6. The fourth-order valence-electron chi connectivity index (χ4n) is 4.21. The molecule has 0 N–H and O–H groups in total. The number of amides is 2. The zero-order valence-corrected chi connectivity index (χ0v) is 17.5. The van der Waals surface area contributed by atoms with Gasteiger partial charge in [0.2, 0.25) is 0 Å². The molecule has 2 heterocycles. The maximum absolute atomic E-state index is 13.3. The first kappa shape index (κ1) is 20.6. The van der Waals surface area contributed by atoms with Gasteiger partial charge >= 0.3 is 0 Å². The van der Waals surface area contributed by atoms with Crippen molar-refractivity contribution < 1.29 is 9.59 Å². The number of piperidine rings is 1. The maximum Gasteiger partial charge on any atom is 0.277 e. The average Bonchev–Trinajstić information content (AvgIpc) is 2.96. The molecule has 0 radical (unpaired) electrons. The summed E-state index contributed by atoms with van der Waals surface area (Å²) in [5.74, 6) is 0.480. The Morgan fingerprint density at radius 2 is 1.54 bits per heavy atom. The largest absolute Gasteiger partial charge is 0.366 e. The molecule has 0 spiro atoms. The lowest BCUT2D eigenvalue weighted by atomic mass is 9.97. The van der Waals surface area contributed by atoms with Crippen LogP contribution in [0.4, 0.5) is 0 Å². The summed E-state index contributed by atoms with van der Waals surface area (Å²) in [7, 11) is 0. The third-order valence-corrected chi connectivity index (χ3v) is 6.04. The number of benzene rings is 1. The number of carbonyl (C=O) groups excluding carboxylic acids is 2. The molecular formula is C24H34N2O2. The average molecular weight is 383 g/mol. The van der Waals surface area contributed by atoms with Gasteiger partial charge in [-0.25, -0.2) is 0 Å². The van der Waals surface area contributed by atoms with Crippen LogP contribution < -0.4 is 0 Å². The first-order valence-corrected chi connectivity index (χ1v) is 11.0. The van der Waals surface area contributed by atoms with E-state index in [1.54, 1.807) is 0 Å². The molecule has 1 fully saturated rings. The second-order valence-electron chi connectivity index (χ2n) is 8.29. The van der Waals surface area contributed by atoms with Crippen molar-refractivity contribution in [3.63, 3.8) is 0 Å². The van der Waals surface area contributed by atoms with Gasteiger partial charge in [-0.05, 0) is 30.7 Å². The summed E-state index contributed by atoms with van der Waals surface area (Å²) in [6.07, 6.45) is 9.03. The van der Waals surface area contributed by atoms with Crippen molar-refractivity contribution in [1.82, 2.24) is 9.80 Å². The number of nitrogens with zero attached hydrogens (tertiary/aromatic N) is 2. The topological polar surface area (TPSA) is 40.6 Å². The highest BCUT2D eigenvalue weighted by Gasteiger charge is 2.41. The van der Waals surface area contributed by atoms with Gasteiger partial charge in [-0.15, -0.1) is 0 Å². The molecule has 1 saturated heterocycles. The van der Waals surface area contributed by atoms with Crippen LogP contribution in [-0.2, 0) is 9.59 Å². The van der Waals surface area contributed by atoms with Crippen LogP contribution in [0.15, 0.2) is 36.0 Å². The van der Waals surface area contributed by atoms with E-state index in [1.807, 2.05) is 30.3 Å². The zero-order chi connectivity index (χ0) is 19.9. The molecule has 0 aromatic heterocycles. The summed E-state index contributed by atoms with van der Waals surface area (Å²) in [5, 5.41) is 0. The summed E-state index contributed by atoms with van der Waals surface area (Å²) in [6, 6.07) is 9.71. The van der Waals surface area contributed by atoms with E-state index in [9.17, 15) is 9.59 Å².